The summed E-state index contributed by atoms with van der Waals surface area (Å²) in [5, 5.41) is 3.81. The fourth-order valence-corrected chi connectivity index (χ4v) is 3.46. The molecule has 0 aliphatic heterocycles. The van der Waals surface area contributed by atoms with Crippen molar-refractivity contribution < 1.29 is 27.4 Å². The molecule has 4 aromatic rings. The molecule has 0 atom stereocenters. The van der Waals surface area contributed by atoms with Gasteiger partial charge in [-0.3, -0.25) is 0 Å². The Morgan fingerprint density at radius 3 is 2.64 bits per heavy atom. The fourth-order valence-electron chi connectivity index (χ4n) is 3.46. The highest BCUT2D eigenvalue weighted by atomic mass is 19.4. The van der Waals surface area contributed by atoms with Crippen LogP contribution in [-0.4, -0.2) is 41.7 Å². The van der Waals surface area contributed by atoms with Crippen LogP contribution in [0.3, 0.4) is 0 Å². The van der Waals surface area contributed by atoms with E-state index in [1.54, 1.807) is 19.4 Å². The van der Waals surface area contributed by atoms with Gasteiger partial charge in [-0.05, 0) is 24.3 Å². The molecule has 4 rings (SSSR count). The van der Waals surface area contributed by atoms with Gasteiger partial charge in [-0.15, -0.1) is 13.2 Å². The van der Waals surface area contributed by atoms with Gasteiger partial charge in [0.15, 0.2) is 5.75 Å². The molecule has 2 heterocycles. The minimum atomic E-state index is -4.87. The number of anilines is 2. The largest absolute Gasteiger partial charge is 0.573 e. The molecular weight excluding hydrogens is 437 g/mol. The van der Waals surface area contributed by atoms with Gasteiger partial charge >= 0.3 is 6.36 Å². The van der Waals surface area contributed by atoms with Crippen LogP contribution in [0.15, 0.2) is 60.9 Å². The van der Waals surface area contributed by atoms with Gasteiger partial charge in [0.1, 0.15) is 5.75 Å². The molecule has 172 valence electrons. The van der Waals surface area contributed by atoms with Crippen LogP contribution < -0.4 is 14.8 Å². The highest BCUT2D eigenvalue weighted by molar-refractivity contribution is 5.95. The Bertz CT molecular complexity index is 1260. The Kier molecular flexibility index (Phi) is 6.36. The number of alkyl halides is 3. The van der Waals surface area contributed by atoms with Gasteiger partial charge in [-0.2, -0.15) is 0 Å². The first-order valence-corrected chi connectivity index (χ1v) is 9.99. The summed E-state index contributed by atoms with van der Waals surface area (Å²) in [7, 11) is 3.00. The van der Waals surface area contributed by atoms with Crippen LogP contribution in [0.5, 0.6) is 11.5 Å². The van der Waals surface area contributed by atoms with Crippen molar-refractivity contribution >= 4 is 22.5 Å². The minimum absolute atomic E-state index is 0.0489. The third-order valence-corrected chi connectivity index (χ3v) is 4.92. The number of ether oxygens (including phenoxy) is 3. The van der Waals surface area contributed by atoms with E-state index in [9.17, 15) is 13.2 Å². The highest BCUT2D eigenvalue weighted by Gasteiger charge is 2.32. The second-order valence-electron chi connectivity index (χ2n) is 7.05. The molecule has 1 N–H and O–H groups in total. The Balaban J connectivity index is 1.69. The van der Waals surface area contributed by atoms with Gasteiger partial charge in [0.05, 0.1) is 25.1 Å². The molecule has 2 aromatic carbocycles. The summed E-state index contributed by atoms with van der Waals surface area (Å²) >= 11 is 0. The first-order chi connectivity index (χ1) is 15.9. The number of aromatic nitrogens is 3. The number of nitrogens with zero attached hydrogens (tertiary/aromatic N) is 3. The second kappa shape index (κ2) is 9.37. The third-order valence-electron chi connectivity index (χ3n) is 4.92. The van der Waals surface area contributed by atoms with Crippen molar-refractivity contribution in [2.24, 2.45) is 0 Å². The molecule has 0 spiro atoms. The topological polar surface area (TPSA) is 70.4 Å². The van der Waals surface area contributed by atoms with Crippen molar-refractivity contribution in [3.05, 3.63) is 60.9 Å². The first kappa shape index (κ1) is 22.4. The average Bonchev–Trinajstić information content (AvgIpc) is 3.17. The predicted octanol–water partition coefficient (Wildman–Crippen LogP) is 5.40. The molecule has 0 saturated carbocycles. The number of para-hydroxylation sites is 1. The van der Waals surface area contributed by atoms with Gasteiger partial charge in [0.2, 0.25) is 5.95 Å². The molecule has 0 aliphatic carbocycles. The van der Waals surface area contributed by atoms with Gasteiger partial charge in [0, 0.05) is 48.6 Å². The van der Waals surface area contributed by atoms with Crippen LogP contribution in [0.25, 0.3) is 22.2 Å². The van der Waals surface area contributed by atoms with E-state index in [1.807, 2.05) is 30.5 Å². The lowest BCUT2D eigenvalue weighted by atomic mass is 10.1. The summed E-state index contributed by atoms with van der Waals surface area (Å²) in [5.74, 6) is -0.108. The Morgan fingerprint density at radius 2 is 1.88 bits per heavy atom. The molecule has 10 heteroatoms. The van der Waals surface area contributed by atoms with E-state index < -0.39 is 12.1 Å². The molecule has 0 radical (unpaired) electrons. The molecule has 0 unspecified atom stereocenters. The zero-order chi connectivity index (χ0) is 23.4. The van der Waals surface area contributed by atoms with Crippen molar-refractivity contribution in [2.75, 3.05) is 26.1 Å². The molecule has 0 bridgehead atoms. The predicted molar refractivity (Wildman–Crippen MR) is 118 cm³/mol. The van der Waals surface area contributed by atoms with E-state index in [4.69, 9.17) is 9.47 Å². The molecule has 0 amide bonds. The Morgan fingerprint density at radius 1 is 1.06 bits per heavy atom. The molecule has 2 aromatic heterocycles. The number of nitrogens with one attached hydrogen (secondary N) is 1. The van der Waals surface area contributed by atoms with Crippen LogP contribution in [0.1, 0.15) is 0 Å². The third kappa shape index (κ3) is 5.17. The molecule has 0 aliphatic rings. The fraction of sp³-hybridized carbons (Fsp3) is 0.217. The van der Waals surface area contributed by atoms with E-state index in [0.717, 1.165) is 22.5 Å². The molecule has 0 saturated heterocycles. The van der Waals surface area contributed by atoms with Crippen LogP contribution in [0.4, 0.5) is 24.8 Å². The minimum Gasteiger partial charge on any atom is -0.497 e. The maximum Gasteiger partial charge on any atom is 0.573 e. The number of methoxy groups -OCH3 is 2. The Hall–Kier alpha value is -3.79. The van der Waals surface area contributed by atoms with Crippen LogP contribution in [-0.2, 0) is 11.3 Å². The lowest BCUT2D eigenvalue weighted by Gasteiger charge is -2.15. The molecule has 0 fully saturated rings. The summed E-state index contributed by atoms with van der Waals surface area (Å²) in [6.45, 7) is 1.21. The van der Waals surface area contributed by atoms with Crippen LogP contribution in [0.2, 0.25) is 0 Å². The van der Waals surface area contributed by atoms with Crippen molar-refractivity contribution in [3.8, 4) is 22.8 Å². The molecular formula is C23H21F3N4O3. The number of fused-ring (bicyclic) bond motifs is 1. The monoisotopic (exact) mass is 458 g/mol. The highest BCUT2D eigenvalue weighted by Crippen LogP contribution is 2.35. The first-order valence-electron chi connectivity index (χ1n) is 9.99. The van der Waals surface area contributed by atoms with Crippen LogP contribution in [0, 0.1) is 0 Å². The van der Waals surface area contributed by atoms with E-state index in [-0.39, 0.29) is 17.4 Å². The number of rotatable bonds is 8. The molecule has 7 nitrogen and oxygen atoms in total. The number of benzene rings is 2. The average molecular weight is 458 g/mol. The van der Waals surface area contributed by atoms with Crippen LogP contribution >= 0.6 is 0 Å². The number of halogens is 3. The van der Waals surface area contributed by atoms with E-state index >= 15 is 0 Å². The smallest absolute Gasteiger partial charge is 0.497 e. The van der Waals surface area contributed by atoms with Crippen molar-refractivity contribution in [1.82, 2.24) is 14.5 Å². The van der Waals surface area contributed by atoms with E-state index in [1.165, 1.54) is 19.2 Å². The molecule has 33 heavy (non-hydrogen) atoms. The number of hydrogen-bond acceptors (Lipinski definition) is 6. The van der Waals surface area contributed by atoms with Crippen molar-refractivity contribution in [3.63, 3.8) is 0 Å². The summed E-state index contributed by atoms with van der Waals surface area (Å²) < 4.78 is 55.1. The maximum atomic E-state index is 12.9. The van der Waals surface area contributed by atoms with Gasteiger partial charge < -0.3 is 24.1 Å². The van der Waals surface area contributed by atoms with Gasteiger partial charge in [-0.1, -0.05) is 18.2 Å². The second-order valence-corrected chi connectivity index (χ2v) is 7.05. The normalized spacial score (nSPS) is 11.5. The maximum absolute atomic E-state index is 12.9. The summed E-state index contributed by atoms with van der Waals surface area (Å²) in [5.41, 5.74) is 2.56. The standard InChI is InChI=1S/C23H21F3N4O3/c1-31-12-11-30-14-17(16-5-3-4-6-20(16)30)18-9-10-27-22(28-18)29-19-8-7-15(32-2)13-21(19)33-23(24,25)26/h3-10,13-14H,11-12H2,1-2H3,(H,27,28,29). The zero-order valence-electron chi connectivity index (χ0n) is 17.9. The summed E-state index contributed by atoms with van der Waals surface area (Å²) in [4.78, 5) is 8.69. The van der Waals surface area contributed by atoms with Crippen molar-refractivity contribution in [1.29, 1.82) is 0 Å². The SMILES string of the molecule is COCCn1cc(-c2ccnc(Nc3ccc(OC)cc3OC(F)(F)F)n2)c2ccccc21. The van der Waals surface area contributed by atoms with Crippen molar-refractivity contribution in [2.45, 2.75) is 12.9 Å². The van der Waals surface area contributed by atoms with E-state index in [0.29, 0.717) is 18.8 Å². The van der Waals surface area contributed by atoms with Gasteiger partial charge in [0.25, 0.3) is 0 Å². The summed E-state index contributed by atoms with van der Waals surface area (Å²) in [6, 6.07) is 13.7. The quantitative estimate of drug-likeness (QED) is 0.382. The lowest BCUT2D eigenvalue weighted by molar-refractivity contribution is -0.274. The summed E-state index contributed by atoms with van der Waals surface area (Å²) in [6.07, 6.45) is -1.35. The number of hydrogen-bond donors (Lipinski definition) is 1. The van der Waals surface area contributed by atoms with E-state index in [2.05, 4.69) is 24.6 Å². The lowest BCUT2D eigenvalue weighted by Crippen LogP contribution is -2.18. The zero-order valence-corrected chi connectivity index (χ0v) is 17.9. The Labute approximate surface area is 187 Å². The van der Waals surface area contributed by atoms with Gasteiger partial charge in [-0.25, -0.2) is 9.97 Å².